The smallest absolute Gasteiger partial charge is 0.313 e. The molecule has 4 rings (SSSR count). The maximum atomic E-state index is 11.9. The first-order valence-corrected chi connectivity index (χ1v) is 7.28. The van der Waals surface area contributed by atoms with Gasteiger partial charge in [0.2, 0.25) is 0 Å². The van der Waals surface area contributed by atoms with Gasteiger partial charge in [-0.25, -0.2) is 0 Å². The van der Waals surface area contributed by atoms with Gasteiger partial charge in [-0.1, -0.05) is 18.2 Å². The van der Waals surface area contributed by atoms with Crippen molar-refractivity contribution in [3.63, 3.8) is 0 Å². The first kappa shape index (κ1) is 12.7. The summed E-state index contributed by atoms with van der Waals surface area (Å²) in [7, 11) is 3.55. The molecule has 0 saturated heterocycles. The van der Waals surface area contributed by atoms with Gasteiger partial charge in [0.05, 0.1) is 13.0 Å². The minimum atomic E-state index is -0.179. The summed E-state index contributed by atoms with van der Waals surface area (Å²) in [6, 6.07) is 6.68. The van der Waals surface area contributed by atoms with Crippen LogP contribution in [0.3, 0.4) is 0 Å². The van der Waals surface area contributed by atoms with Gasteiger partial charge in [-0.2, -0.15) is 0 Å². The summed E-state index contributed by atoms with van der Waals surface area (Å²) in [6.45, 7) is 0.719. The number of nitrogens with one attached hydrogen (secondary N) is 1. The fourth-order valence-electron chi connectivity index (χ4n) is 3.75. The lowest BCUT2D eigenvalue weighted by molar-refractivity contribution is -0.144. The molecule has 21 heavy (non-hydrogen) atoms. The number of carbonyl (C=O) groups is 1. The zero-order valence-corrected chi connectivity index (χ0v) is 12.2. The molecule has 1 N–H and O–H groups in total. The van der Waals surface area contributed by atoms with Crippen LogP contribution in [0.4, 0.5) is 0 Å². The zero-order valence-electron chi connectivity index (χ0n) is 12.2. The largest absolute Gasteiger partial charge is 0.469 e. The van der Waals surface area contributed by atoms with E-state index < -0.39 is 0 Å². The van der Waals surface area contributed by atoms with E-state index in [1.807, 2.05) is 0 Å². The lowest BCUT2D eigenvalue weighted by Crippen LogP contribution is -2.44. The molecule has 2 aromatic rings. The molecule has 0 spiro atoms. The van der Waals surface area contributed by atoms with Crippen LogP contribution in [0.1, 0.15) is 11.1 Å². The number of aromatic amines is 1. The number of likely N-dealkylation sites (N-methyl/N-ethyl adjacent to an activating group) is 1. The van der Waals surface area contributed by atoms with Crippen LogP contribution in [0.5, 0.6) is 0 Å². The Balaban J connectivity index is 1.91. The fourth-order valence-corrected chi connectivity index (χ4v) is 3.75. The molecule has 1 aliphatic carbocycles. The topological polar surface area (TPSA) is 45.3 Å². The Labute approximate surface area is 123 Å². The molecule has 0 bridgehead atoms. The van der Waals surface area contributed by atoms with Gasteiger partial charge in [-0.3, -0.25) is 9.69 Å². The van der Waals surface area contributed by atoms with Gasteiger partial charge in [-0.15, -0.1) is 0 Å². The number of aromatic nitrogens is 1. The van der Waals surface area contributed by atoms with Gasteiger partial charge in [0.15, 0.2) is 0 Å². The van der Waals surface area contributed by atoms with Crippen molar-refractivity contribution in [1.82, 2.24) is 9.88 Å². The van der Waals surface area contributed by atoms with Crippen LogP contribution in [0.2, 0.25) is 0 Å². The molecule has 108 valence electrons. The molecule has 4 nitrogen and oxygen atoms in total. The van der Waals surface area contributed by atoms with Gasteiger partial charge in [0, 0.05) is 29.7 Å². The number of H-pyrrole nitrogens is 1. The first-order valence-electron chi connectivity index (χ1n) is 7.28. The van der Waals surface area contributed by atoms with Crippen LogP contribution in [-0.4, -0.2) is 42.6 Å². The van der Waals surface area contributed by atoms with E-state index in [2.05, 4.69) is 47.4 Å². The van der Waals surface area contributed by atoms with E-state index in [1.54, 1.807) is 0 Å². The molecule has 2 heterocycles. The second-order valence-electron chi connectivity index (χ2n) is 5.95. The van der Waals surface area contributed by atoms with Crippen molar-refractivity contribution in [1.29, 1.82) is 0 Å². The molecular weight excluding hydrogens is 264 g/mol. The third-order valence-corrected chi connectivity index (χ3v) is 4.77. The lowest BCUT2D eigenvalue weighted by atomic mass is 9.80. The van der Waals surface area contributed by atoms with Gasteiger partial charge in [-0.05, 0) is 36.2 Å². The normalized spacial score (nSPS) is 24.6. The highest BCUT2D eigenvalue weighted by molar-refractivity contribution is 5.99. The predicted octanol–water partition coefficient (Wildman–Crippen LogP) is 2.21. The molecular formula is C17H18N2O2. The van der Waals surface area contributed by atoms with Crippen molar-refractivity contribution in [2.45, 2.75) is 12.5 Å². The average molecular weight is 282 g/mol. The monoisotopic (exact) mass is 282 g/mol. The highest BCUT2D eigenvalue weighted by Gasteiger charge is 2.35. The summed E-state index contributed by atoms with van der Waals surface area (Å²) < 4.78 is 4.93. The van der Waals surface area contributed by atoms with Crippen molar-refractivity contribution in [2.24, 2.45) is 5.92 Å². The molecule has 0 saturated carbocycles. The summed E-state index contributed by atoms with van der Waals surface area (Å²) in [4.78, 5) is 17.5. The molecule has 2 atom stereocenters. The van der Waals surface area contributed by atoms with E-state index in [4.69, 9.17) is 4.74 Å². The zero-order chi connectivity index (χ0) is 14.6. The number of benzene rings is 1. The van der Waals surface area contributed by atoms with E-state index in [9.17, 15) is 4.79 Å². The third kappa shape index (κ3) is 1.75. The first-order chi connectivity index (χ1) is 10.2. The summed E-state index contributed by atoms with van der Waals surface area (Å²) in [5.74, 6) is -0.332. The number of ether oxygens (including phenoxy) is 1. The Kier molecular flexibility index (Phi) is 2.69. The molecule has 1 aliphatic heterocycles. The maximum absolute atomic E-state index is 11.9. The maximum Gasteiger partial charge on any atom is 0.313 e. The van der Waals surface area contributed by atoms with Crippen molar-refractivity contribution in [2.75, 3.05) is 20.7 Å². The van der Waals surface area contributed by atoms with Gasteiger partial charge < -0.3 is 9.72 Å². The van der Waals surface area contributed by atoms with Crippen molar-refractivity contribution in [3.8, 4) is 0 Å². The number of hydrogen-bond acceptors (Lipinski definition) is 3. The SMILES string of the molecule is COC(=O)[C@@H]1C=C2c3cccc4[nH]cc(c34)C[C@H]2N(C)C1. The van der Waals surface area contributed by atoms with E-state index in [-0.39, 0.29) is 11.9 Å². The lowest BCUT2D eigenvalue weighted by Gasteiger charge is -2.39. The number of methoxy groups -OCH3 is 1. The predicted molar refractivity (Wildman–Crippen MR) is 81.9 cm³/mol. The average Bonchev–Trinajstić information content (AvgIpc) is 2.92. The van der Waals surface area contributed by atoms with Crippen molar-refractivity contribution in [3.05, 3.63) is 41.6 Å². The van der Waals surface area contributed by atoms with Gasteiger partial charge in [0.1, 0.15) is 0 Å². The Morgan fingerprint density at radius 2 is 2.29 bits per heavy atom. The molecule has 0 amide bonds. The van der Waals surface area contributed by atoms with Crippen LogP contribution in [0, 0.1) is 5.92 Å². The van der Waals surface area contributed by atoms with E-state index in [0.29, 0.717) is 6.04 Å². The minimum Gasteiger partial charge on any atom is -0.469 e. The van der Waals surface area contributed by atoms with Crippen LogP contribution >= 0.6 is 0 Å². The fraction of sp³-hybridized carbons (Fsp3) is 0.353. The summed E-state index contributed by atoms with van der Waals surface area (Å²) in [5.41, 5.74) is 5.05. The summed E-state index contributed by atoms with van der Waals surface area (Å²) >= 11 is 0. The second-order valence-corrected chi connectivity index (χ2v) is 5.95. The molecule has 4 heteroatoms. The van der Waals surface area contributed by atoms with Crippen LogP contribution in [0.25, 0.3) is 16.5 Å². The Morgan fingerprint density at radius 1 is 1.43 bits per heavy atom. The summed E-state index contributed by atoms with van der Waals surface area (Å²) in [5, 5.41) is 1.30. The Hall–Kier alpha value is -2.07. The number of esters is 1. The number of hydrogen-bond donors (Lipinski definition) is 1. The molecule has 2 aliphatic rings. The van der Waals surface area contributed by atoms with Crippen LogP contribution in [0.15, 0.2) is 30.5 Å². The van der Waals surface area contributed by atoms with E-state index in [1.165, 1.54) is 34.7 Å². The second kappa shape index (κ2) is 4.46. The standard InChI is InChI=1S/C17H18N2O2/c1-19-9-11(17(20)21-2)6-13-12-4-3-5-14-16(12)10(8-18-14)7-15(13)19/h3-6,8,11,15,18H,7,9H2,1-2H3/t11-,15-/m1/s1. The highest BCUT2D eigenvalue weighted by atomic mass is 16.5. The molecule has 1 aromatic heterocycles. The Morgan fingerprint density at radius 3 is 3.10 bits per heavy atom. The highest BCUT2D eigenvalue weighted by Crippen LogP contribution is 2.40. The quantitative estimate of drug-likeness (QED) is 0.816. The van der Waals surface area contributed by atoms with Crippen LogP contribution in [-0.2, 0) is 16.0 Å². The molecule has 0 fully saturated rings. The number of nitrogens with zero attached hydrogens (tertiary/aromatic N) is 1. The molecule has 1 aromatic carbocycles. The van der Waals surface area contributed by atoms with Gasteiger partial charge >= 0.3 is 5.97 Å². The minimum absolute atomic E-state index is 0.153. The molecule has 0 unspecified atom stereocenters. The Bertz CT molecular complexity index is 759. The summed E-state index contributed by atoms with van der Waals surface area (Å²) in [6.07, 6.45) is 5.22. The van der Waals surface area contributed by atoms with E-state index in [0.717, 1.165) is 13.0 Å². The van der Waals surface area contributed by atoms with Crippen molar-refractivity contribution < 1.29 is 9.53 Å². The van der Waals surface area contributed by atoms with Gasteiger partial charge in [0.25, 0.3) is 0 Å². The number of carbonyl (C=O) groups excluding carboxylic acids is 1. The molecule has 0 radical (unpaired) electrons. The van der Waals surface area contributed by atoms with Crippen LogP contribution < -0.4 is 0 Å². The third-order valence-electron chi connectivity index (χ3n) is 4.77. The van der Waals surface area contributed by atoms with Crippen molar-refractivity contribution >= 4 is 22.4 Å². The van der Waals surface area contributed by atoms with E-state index >= 15 is 0 Å². The number of fused-ring (bicyclic) bond motifs is 2. The number of rotatable bonds is 1.